The summed E-state index contributed by atoms with van der Waals surface area (Å²) in [4.78, 5) is 25.6. The number of aromatic nitrogens is 2. The number of carbonyl (C=O) groups is 1. The highest BCUT2D eigenvalue weighted by Gasteiger charge is 2.20. The molecule has 2 aromatic carbocycles. The number of para-hydroxylation sites is 1. The summed E-state index contributed by atoms with van der Waals surface area (Å²) in [6.45, 7) is 7.16. The molecule has 0 atom stereocenters. The first-order valence-corrected chi connectivity index (χ1v) is 9.87. The minimum atomic E-state index is 0.0458. The minimum Gasteiger partial charge on any atom is -0.368 e. The number of carbonyl (C=O) groups excluding carboxylic acids is 1. The molecule has 1 aromatic heterocycles. The predicted octanol–water partition coefficient (Wildman–Crippen LogP) is 4.06. The third-order valence-electron chi connectivity index (χ3n) is 5.07. The van der Waals surface area contributed by atoms with E-state index < -0.39 is 0 Å². The smallest absolute Gasteiger partial charge is 0.227 e. The van der Waals surface area contributed by atoms with E-state index >= 15 is 0 Å². The largest absolute Gasteiger partial charge is 0.368 e. The Balaban J connectivity index is 1.48. The Bertz CT molecular complexity index is 997. The molecule has 3 aromatic rings. The Morgan fingerprint density at radius 3 is 2.34 bits per heavy atom. The maximum absolute atomic E-state index is 11.6. The summed E-state index contributed by atoms with van der Waals surface area (Å²) in [6.07, 6.45) is 0. The van der Waals surface area contributed by atoms with Gasteiger partial charge in [-0.2, -0.15) is 4.98 Å². The van der Waals surface area contributed by atoms with Gasteiger partial charge in [0.1, 0.15) is 5.82 Å². The van der Waals surface area contributed by atoms with Gasteiger partial charge in [0.2, 0.25) is 5.95 Å². The number of hydrogen-bond acceptors (Lipinski definition) is 6. The van der Waals surface area contributed by atoms with Crippen LogP contribution in [0.25, 0.3) is 0 Å². The van der Waals surface area contributed by atoms with E-state index in [1.54, 1.807) is 6.92 Å². The van der Waals surface area contributed by atoms with E-state index in [9.17, 15) is 4.79 Å². The molecule has 0 bridgehead atoms. The van der Waals surface area contributed by atoms with Crippen LogP contribution in [0, 0.1) is 6.92 Å². The Labute approximate surface area is 171 Å². The van der Waals surface area contributed by atoms with Crippen LogP contribution in [0.3, 0.4) is 0 Å². The average Bonchev–Trinajstić information content (AvgIpc) is 2.74. The van der Waals surface area contributed by atoms with Crippen molar-refractivity contribution in [2.45, 2.75) is 13.8 Å². The maximum Gasteiger partial charge on any atom is 0.227 e. The zero-order chi connectivity index (χ0) is 20.2. The second-order valence-electron chi connectivity index (χ2n) is 7.27. The Hall–Kier alpha value is -3.41. The number of rotatable bonds is 5. The van der Waals surface area contributed by atoms with E-state index in [2.05, 4.69) is 44.4 Å². The number of nitrogens with zero attached hydrogens (tertiary/aromatic N) is 4. The SMILES string of the molecule is CC(=O)c1cccc(Nc2cc(C)nc(N3CCN(c4ccccc4)CC3)n2)c1. The van der Waals surface area contributed by atoms with Crippen LogP contribution in [0.2, 0.25) is 0 Å². The maximum atomic E-state index is 11.6. The molecule has 148 valence electrons. The molecule has 29 heavy (non-hydrogen) atoms. The van der Waals surface area contributed by atoms with E-state index in [4.69, 9.17) is 4.98 Å². The molecule has 0 spiro atoms. The van der Waals surface area contributed by atoms with E-state index in [-0.39, 0.29) is 5.78 Å². The second kappa shape index (κ2) is 8.31. The quantitative estimate of drug-likeness (QED) is 0.666. The van der Waals surface area contributed by atoms with Crippen molar-refractivity contribution in [3.63, 3.8) is 0 Å². The monoisotopic (exact) mass is 387 g/mol. The molecule has 0 radical (unpaired) electrons. The summed E-state index contributed by atoms with van der Waals surface area (Å²) >= 11 is 0. The summed E-state index contributed by atoms with van der Waals surface area (Å²) in [5.41, 5.74) is 3.68. The van der Waals surface area contributed by atoms with Gasteiger partial charge in [-0.15, -0.1) is 0 Å². The highest BCUT2D eigenvalue weighted by atomic mass is 16.1. The molecule has 0 amide bonds. The number of hydrogen-bond donors (Lipinski definition) is 1. The lowest BCUT2D eigenvalue weighted by atomic mass is 10.1. The predicted molar refractivity (Wildman–Crippen MR) is 117 cm³/mol. The van der Waals surface area contributed by atoms with Crippen LogP contribution < -0.4 is 15.1 Å². The molecule has 1 fully saturated rings. The zero-order valence-electron chi connectivity index (χ0n) is 16.8. The minimum absolute atomic E-state index is 0.0458. The fourth-order valence-electron chi connectivity index (χ4n) is 3.53. The molecule has 1 aliphatic heterocycles. The number of anilines is 4. The van der Waals surface area contributed by atoms with Crippen molar-refractivity contribution in [1.29, 1.82) is 0 Å². The fraction of sp³-hybridized carbons (Fsp3) is 0.261. The van der Waals surface area contributed by atoms with E-state index in [1.807, 2.05) is 43.3 Å². The molecular formula is C23H25N5O. The molecule has 0 unspecified atom stereocenters. The molecule has 2 heterocycles. The average molecular weight is 387 g/mol. The lowest BCUT2D eigenvalue weighted by Gasteiger charge is -2.36. The van der Waals surface area contributed by atoms with Crippen molar-refractivity contribution in [3.8, 4) is 0 Å². The van der Waals surface area contributed by atoms with Crippen molar-refractivity contribution in [2.75, 3.05) is 41.3 Å². The van der Waals surface area contributed by atoms with Crippen molar-refractivity contribution in [3.05, 3.63) is 71.9 Å². The van der Waals surface area contributed by atoms with Crippen molar-refractivity contribution >= 4 is 28.9 Å². The van der Waals surface area contributed by atoms with E-state index in [0.29, 0.717) is 5.56 Å². The van der Waals surface area contributed by atoms with Gasteiger partial charge < -0.3 is 15.1 Å². The number of benzene rings is 2. The van der Waals surface area contributed by atoms with Gasteiger partial charge in [0, 0.05) is 54.9 Å². The fourth-order valence-corrected chi connectivity index (χ4v) is 3.53. The third-order valence-corrected chi connectivity index (χ3v) is 5.07. The van der Waals surface area contributed by atoms with Crippen molar-refractivity contribution < 1.29 is 4.79 Å². The number of aryl methyl sites for hydroxylation is 1. The first kappa shape index (κ1) is 18.9. The molecule has 6 nitrogen and oxygen atoms in total. The van der Waals surface area contributed by atoms with E-state index in [0.717, 1.165) is 49.3 Å². The first-order valence-electron chi connectivity index (χ1n) is 9.87. The van der Waals surface area contributed by atoms with Gasteiger partial charge in [-0.05, 0) is 38.1 Å². The molecule has 0 aliphatic carbocycles. The van der Waals surface area contributed by atoms with Crippen molar-refractivity contribution in [1.82, 2.24) is 9.97 Å². The standard InChI is InChI=1S/C23H25N5O/c1-17-15-22(25-20-8-6-7-19(16-20)18(2)29)26-23(24-17)28-13-11-27(12-14-28)21-9-4-3-5-10-21/h3-10,15-16H,11-14H2,1-2H3,(H,24,25,26). The Morgan fingerprint density at radius 1 is 0.897 bits per heavy atom. The van der Waals surface area contributed by atoms with Crippen LogP contribution in [0.15, 0.2) is 60.7 Å². The molecule has 6 heteroatoms. The number of piperazine rings is 1. The molecule has 1 N–H and O–H groups in total. The number of Topliss-reactive ketones (excluding diaryl/α,β-unsaturated/α-hetero) is 1. The van der Waals surface area contributed by atoms with Gasteiger partial charge >= 0.3 is 0 Å². The van der Waals surface area contributed by atoms with Gasteiger partial charge in [0.05, 0.1) is 0 Å². The molecule has 4 rings (SSSR count). The van der Waals surface area contributed by atoms with Gasteiger partial charge in [-0.3, -0.25) is 4.79 Å². The van der Waals surface area contributed by atoms with Crippen LogP contribution in [0.4, 0.5) is 23.1 Å². The first-order chi connectivity index (χ1) is 14.1. The highest BCUT2D eigenvalue weighted by Crippen LogP contribution is 2.22. The summed E-state index contributed by atoms with van der Waals surface area (Å²) in [7, 11) is 0. The van der Waals surface area contributed by atoms with Gasteiger partial charge in [0.25, 0.3) is 0 Å². The van der Waals surface area contributed by atoms with Gasteiger partial charge in [-0.25, -0.2) is 4.98 Å². The number of nitrogens with one attached hydrogen (secondary N) is 1. The topological polar surface area (TPSA) is 61.4 Å². The Kier molecular flexibility index (Phi) is 5.42. The second-order valence-corrected chi connectivity index (χ2v) is 7.27. The summed E-state index contributed by atoms with van der Waals surface area (Å²) in [6, 6.07) is 19.9. The molecule has 0 saturated carbocycles. The van der Waals surface area contributed by atoms with Crippen LogP contribution in [-0.4, -0.2) is 41.9 Å². The van der Waals surface area contributed by atoms with Crippen molar-refractivity contribution in [2.24, 2.45) is 0 Å². The van der Waals surface area contributed by atoms with E-state index in [1.165, 1.54) is 5.69 Å². The molecule has 1 saturated heterocycles. The van der Waals surface area contributed by atoms with Crippen LogP contribution >= 0.6 is 0 Å². The lowest BCUT2D eigenvalue weighted by molar-refractivity contribution is 0.101. The number of ketones is 1. The summed E-state index contributed by atoms with van der Waals surface area (Å²) in [5, 5.41) is 3.31. The van der Waals surface area contributed by atoms with Crippen LogP contribution in [0.1, 0.15) is 23.0 Å². The third kappa shape index (κ3) is 4.54. The van der Waals surface area contributed by atoms with Crippen LogP contribution in [0.5, 0.6) is 0 Å². The highest BCUT2D eigenvalue weighted by molar-refractivity contribution is 5.95. The summed E-state index contributed by atoms with van der Waals surface area (Å²) < 4.78 is 0. The summed E-state index contributed by atoms with van der Waals surface area (Å²) in [5.74, 6) is 1.52. The Morgan fingerprint density at radius 2 is 1.62 bits per heavy atom. The lowest BCUT2D eigenvalue weighted by Crippen LogP contribution is -2.47. The van der Waals surface area contributed by atoms with Crippen LogP contribution in [-0.2, 0) is 0 Å². The normalized spacial score (nSPS) is 14.0. The molecular weight excluding hydrogens is 362 g/mol. The zero-order valence-corrected chi connectivity index (χ0v) is 16.8. The van der Waals surface area contributed by atoms with Gasteiger partial charge in [-0.1, -0.05) is 30.3 Å². The van der Waals surface area contributed by atoms with Gasteiger partial charge in [0.15, 0.2) is 5.78 Å². The molecule has 1 aliphatic rings.